The van der Waals surface area contributed by atoms with Crippen LogP contribution in [0.2, 0.25) is 0 Å². The number of esters is 1. The van der Waals surface area contributed by atoms with Crippen molar-refractivity contribution in [2.45, 2.75) is 38.7 Å². The molecule has 0 radical (unpaired) electrons. The SMILES string of the molecule is Cc1ccc(C(=O)[C@@H](C)OC(=O)CNS(=O)(=O)c2ccc(C)c(C)c2)cc1. The molecule has 0 bridgehead atoms. The maximum atomic E-state index is 12.3. The molecule has 0 amide bonds. The van der Waals surface area contributed by atoms with E-state index in [9.17, 15) is 18.0 Å². The third kappa shape index (κ3) is 5.48. The van der Waals surface area contributed by atoms with Crippen LogP contribution in [0.5, 0.6) is 0 Å². The van der Waals surface area contributed by atoms with E-state index in [1.807, 2.05) is 13.8 Å². The Bertz CT molecular complexity index is 949. The number of hydrogen-bond acceptors (Lipinski definition) is 5. The van der Waals surface area contributed by atoms with Gasteiger partial charge in [-0.3, -0.25) is 9.59 Å². The molecule has 2 aromatic carbocycles. The van der Waals surface area contributed by atoms with Gasteiger partial charge in [0.1, 0.15) is 6.54 Å². The van der Waals surface area contributed by atoms with Gasteiger partial charge >= 0.3 is 5.97 Å². The number of aryl methyl sites for hydroxylation is 3. The number of sulfonamides is 1. The van der Waals surface area contributed by atoms with Crippen LogP contribution in [0.1, 0.15) is 34.0 Å². The lowest BCUT2D eigenvalue weighted by atomic mass is 10.1. The van der Waals surface area contributed by atoms with Gasteiger partial charge in [0.15, 0.2) is 6.10 Å². The molecule has 1 N–H and O–H groups in total. The number of nitrogens with one attached hydrogen (secondary N) is 1. The highest BCUT2D eigenvalue weighted by Gasteiger charge is 2.21. The van der Waals surface area contributed by atoms with Crippen LogP contribution in [-0.4, -0.2) is 32.8 Å². The average molecular weight is 389 g/mol. The van der Waals surface area contributed by atoms with Crippen LogP contribution < -0.4 is 4.72 Å². The number of carbonyl (C=O) groups excluding carboxylic acids is 2. The average Bonchev–Trinajstić information content (AvgIpc) is 2.62. The predicted molar refractivity (Wildman–Crippen MR) is 102 cm³/mol. The molecule has 27 heavy (non-hydrogen) atoms. The van der Waals surface area contributed by atoms with E-state index >= 15 is 0 Å². The molecular formula is C20H23NO5S. The molecule has 2 aromatic rings. The number of benzene rings is 2. The summed E-state index contributed by atoms with van der Waals surface area (Å²) >= 11 is 0. The van der Waals surface area contributed by atoms with Crippen LogP contribution in [0.4, 0.5) is 0 Å². The predicted octanol–water partition coefficient (Wildman–Crippen LogP) is 2.70. The minimum Gasteiger partial charge on any atom is -0.453 e. The fourth-order valence-electron chi connectivity index (χ4n) is 2.36. The van der Waals surface area contributed by atoms with Crippen LogP contribution in [0.15, 0.2) is 47.4 Å². The molecule has 0 saturated carbocycles. The Morgan fingerprint density at radius 2 is 1.63 bits per heavy atom. The van der Waals surface area contributed by atoms with Crippen molar-refractivity contribution in [2.75, 3.05) is 6.54 Å². The smallest absolute Gasteiger partial charge is 0.321 e. The number of carbonyl (C=O) groups is 2. The minimum atomic E-state index is -3.84. The fraction of sp³-hybridized carbons (Fsp3) is 0.300. The molecule has 0 heterocycles. The molecule has 0 aliphatic carbocycles. The van der Waals surface area contributed by atoms with Crippen molar-refractivity contribution in [3.8, 4) is 0 Å². The maximum Gasteiger partial charge on any atom is 0.321 e. The molecule has 0 spiro atoms. The van der Waals surface area contributed by atoms with Crippen LogP contribution in [0.3, 0.4) is 0 Å². The van der Waals surface area contributed by atoms with Crippen LogP contribution >= 0.6 is 0 Å². The summed E-state index contributed by atoms with van der Waals surface area (Å²) in [4.78, 5) is 24.3. The van der Waals surface area contributed by atoms with Crippen molar-refractivity contribution < 1.29 is 22.7 Å². The lowest BCUT2D eigenvalue weighted by Crippen LogP contribution is -2.34. The first-order valence-corrected chi connectivity index (χ1v) is 9.96. The summed E-state index contributed by atoms with van der Waals surface area (Å²) in [6.07, 6.45) is -1.01. The molecule has 0 saturated heterocycles. The van der Waals surface area contributed by atoms with Crippen molar-refractivity contribution in [1.29, 1.82) is 0 Å². The molecule has 0 aromatic heterocycles. The number of Topliss-reactive ketones (excluding diaryl/α,β-unsaturated/α-hetero) is 1. The zero-order valence-corrected chi connectivity index (χ0v) is 16.6. The second kappa shape index (κ2) is 8.45. The van der Waals surface area contributed by atoms with Crippen molar-refractivity contribution in [3.63, 3.8) is 0 Å². The first-order chi connectivity index (χ1) is 12.6. The first-order valence-electron chi connectivity index (χ1n) is 8.47. The Morgan fingerprint density at radius 1 is 1.00 bits per heavy atom. The summed E-state index contributed by atoms with van der Waals surface area (Å²) in [7, 11) is -3.84. The highest BCUT2D eigenvalue weighted by Crippen LogP contribution is 2.14. The number of ether oxygens (including phenoxy) is 1. The summed E-state index contributed by atoms with van der Waals surface area (Å²) < 4.78 is 31.8. The monoisotopic (exact) mass is 389 g/mol. The summed E-state index contributed by atoms with van der Waals surface area (Å²) in [5, 5.41) is 0. The Kier molecular flexibility index (Phi) is 6.51. The largest absolute Gasteiger partial charge is 0.453 e. The number of ketones is 1. The molecule has 2 rings (SSSR count). The van der Waals surface area contributed by atoms with Gasteiger partial charge in [-0.05, 0) is 51.0 Å². The Balaban J connectivity index is 1.95. The number of hydrogen-bond donors (Lipinski definition) is 1. The van der Waals surface area contributed by atoms with E-state index in [2.05, 4.69) is 4.72 Å². The second-order valence-electron chi connectivity index (χ2n) is 6.43. The zero-order valence-electron chi connectivity index (χ0n) is 15.8. The third-order valence-electron chi connectivity index (χ3n) is 4.21. The zero-order chi connectivity index (χ0) is 20.2. The van der Waals surface area contributed by atoms with Crippen molar-refractivity contribution in [3.05, 3.63) is 64.7 Å². The van der Waals surface area contributed by atoms with Gasteiger partial charge in [0.05, 0.1) is 4.90 Å². The summed E-state index contributed by atoms with van der Waals surface area (Å²) in [6, 6.07) is 11.6. The van der Waals surface area contributed by atoms with Gasteiger partial charge in [0, 0.05) is 5.56 Å². The van der Waals surface area contributed by atoms with Gasteiger partial charge in [0.25, 0.3) is 0 Å². The maximum absolute atomic E-state index is 12.3. The standard InChI is InChI=1S/C20H23NO5S/c1-13-5-8-17(9-6-13)20(23)16(4)26-19(22)12-21-27(24,25)18-10-7-14(2)15(3)11-18/h5-11,16,21H,12H2,1-4H3/t16-/m1/s1. The quantitative estimate of drug-likeness (QED) is 0.581. The van der Waals surface area contributed by atoms with E-state index in [4.69, 9.17) is 4.74 Å². The second-order valence-corrected chi connectivity index (χ2v) is 8.20. The normalized spacial score (nSPS) is 12.4. The number of rotatable bonds is 7. The Morgan fingerprint density at radius 3 is 2.22 bits per heavy atom. The van der Waals surface area contributed by atoms with Crippen molar-refractivity contribution in [2.24, 2.45) is 0 Å². The summed E-state index contributed by atoms with van der Waals surface area (Å²) in [5.41, 5.74) is 3.24. The molecule has 0 fully saturated rings. The third-order valence-corrected chi connectivity index (χ3v) is 5.61. The molecule has 7 heteroatoms. The minimum absolute atomic E-state index is 0.0715. The van der Waals surface area contributed by atoms with Crippen LogP contribution in [-0.2, 0) is 19.6 Å². The van der Waals surface area contributed by atoms with Gasteiger partial charge in [-0.25, -0.2) is 8.42 Å². The van der Waals surface area contributed by atoms with Crippen molar-refractivity contribution >= 4 is 21.8 Å². The summed E-state index contributed by atoms with van der Waals surface area (Å²) in [6.45, 7) is 6.49. The van der Waals surface area contributed by atoms with E-state index in [0.29, 0.717) is 5.56 Å². The highest BCUT2D eigenvalue weighted by molar-refractivity contribution is 7.89. The van der Waals surface area contributed by atoms with E-state index in [1.54, 1.807) is 37.3 Å². The van der Waals surface area contributed by atoms with E-state index in [-0.39, 0.29) is 10.7 Å². The van der Waals surface area contributed by atoms with Crippen LogP contribution in [0.25, 0.3) is 0 Å². The van der Waals surface area contributed by atoms with Crippen LogP contribution in [0, 0.1) is 20.8 Å². The molecule has 1 atom stereocenters. The molecule has 0 unspecified atom stereocenters. The lowest BCUT2D eigenvalue weighted by Gasteiger charge is -2.13. The molecule has 144 valence electrons. The Labute approximate surface area is 159 Å². The van der Waals surface area contributed by atoms with Gasteiger partial charge in [-0.2, -0.15) is 4.72 Å². The fourth-order valence-corrected chi connectivity index (χ4v) is 3.42. The Hall–Kier alpha value is -2.51. The molecule has 6 nitrogen and oxygen atoms in total. The molecule has 0 aliphatic heterocycles. The molecular weight excluding hydrogens is 366 g/mol. The van der Waals surface area contributed by atoms with Gasteiger partial charge in [0.2, 0.25) is 15.8 Å². The first kappa shape index (κ1) is 20.8. The van der Waals surface area contributed by atoms with Gasteiger partial charge in [-0.1, -0.05) is 35.9 Å². The lowest BCUT2D eigenvalue weighted by molar-refractivity contribution is -0.144. The summed E-state index contributed by atoms with van der Waals surface area (Å²) in [5.74, 6) is -1.17. The van der Waals surface area contributed by atoms with Gasteiger partial charge < -0.3 is 4.74 Å². The van der Waals surface area contributed by atoms with E-state index in [1.165, 1.54) is 19.1 Å². The van der Waals surface area contributed by atoms with E-state index < -0.39 is 28.6 Å². The van der Waals surface area contributed by atoms with E-state index in [0.717, 1.165) is 16.7 Å². The topological polar surface area (TPSA) is 89.5 Å². The highest BCUT2D eigenvalue weighted by atomic mass is 32.2. The van der Waals surface area contributed by atoms with Gasteiger partial charge in [-0.15, -0.1) is 0 Å². The van der Waals surface area contributed by atoms with Crippen molar-refractivity contribution in [1.82, 2.24) is 4.72 Å². The molecule has 0 aliphatic rings.